The second kappa shape index (κ2) is 14.2. The van der Waals surface area contributed by atoms with Crippen LogP contribution in [0, 0.1) is 20.8 Å². The largest absolute Gasteiger partial charge is 0.266 e. The zero-order valence-electron chi connectivity index (χ0n) is 19.3. The van der Waals surface area contributed by atoms with E-state index in [-0.39, 0.29) is 0 Å². The molecule has 0 atom stereocenters. The van der Waals surface area contributed by atoms with Gasteiger partial charge in [-0.25, -0.2) is 0 Å². The minimum absolute atomic E-state index is 0.918. The maximum atomic E-state index is 4.83. The average molecular weight is 597 g/mol. The maximum Gasteiger partial charge on any atom is 0.266 e. The van der Waals surface area contributed by atoms with Gasteiger partial charge >= 0.3 is 0 Å². The summed E-state index contributed by atoms with van der Waals surface area (Å²) >= 11 is 22.8. The van der Waals surface area contributed by atoms with E-state index >= 15 is 0 Å². The molecule has 0 bridgehead atoms. The molecule has 4 aromatic rings. The van der Waals surface area contributed by atoms with E-state index < -0.39 is 3.25 Å². The molecule has 0 aromatic heterocycles. The van der Waals surface area contributed by atoms with Crippen LogP contribution in [-0.4, -0.2) is 3.25 Å². The summed E-state index contributed by atoms with van der Waals surface area (Å²) < 4.78 is -1.61. The van der Waals surface area contributed by atoms with Crippen LogP contribution in [0.4, 0.5) is 0 Å². The maximum absolute atomic E-state index is 4.83. The predicted molar refractivity (Wildman–Crippen MR) is 157 cm³/mol. The molecule has 0 aliphatic rings. The molecule has 4 aromatic carbocycles. The van der Waals surface area contributed by atoms with Crippen LogP contribution in [0.1, 0.15) is 22.3 Å². The summed E-state index contributed by atoms with van der Waals surface area (Å²) in [7, 11) is 0. The first kappa shape index (κ1) is 28.8. The van der Waals surface area contributed by atoms with Crippen molar-refractivity contribution in [3.8, 4) is 22.3 Å². The quantitative estimate of drug-likeness (QED) is 0.206. The Hall–Kier alpha value is -1.48. The summed E-state index contributed by atoms with van der Waals surface area (Å²) in [6.45, 7) is 6.41. The smallest absolute Gasteiger partial charge is 0.0876 e. The first-order valence-corrected chi connectivity index (χ1v) is 13.3. The van der Waals surface area contributed by atoms with Crippen LogP contribution < -0.4 is 0 Å². The summed E-state index contributed by atoms with van der Waals surface area (Å²) in [5, 5.41) is 0.918. The lowest BCUT2D eigenvalue weighted by molar-refractivity contribution is 1.41. The van der Waals surface area contributed by atoms with E-state index in [2.05, 4.69) is 134 Å². The monoisotopic (exact) mass is 594 g/mol. The molecule has 0 spiro atoms. The SMILES string of the molecule is Cc1ccc(-c2ccccc2C)cc1.Cc1ccccc1-c1ccc(CBr)cc1.ClC(Cl)(Cl)Cl. The van der Waals surface area contributed by atoms with Crippen molar-refractivity contribution in [3.05, 3.63) is 119 Å². The molecule has 34 heavy (non-hydrogen) atoms. The van der Waals surface area contributed by atoms with Gasteiger partial charge in [-0.05, 0) is 59.7 Å². The van der Waals surface area contributed by atoms with Gasteiger partial charge in [0.1, 0.15) is 0 Å². The predicted octanol–water partition coefficient (Wildman–Crippen LogP) is 11.1. The van der Waals surface area contributed by atoms with Crippen molar-refractivity contribution in [1.29, 1.82) is 0 Å². The lowest BCUT2D eigenvalue weighted by Gasteiger charge is -2.06. The third kappa shape index (κ3) is 10.4. The van der Waals surface area contributed by atoms with E-state index in [0.29, 0.717) is 0 Å². The molecule has 0 saturated heterocycles. The molecule has 0 aliphatic heterocycles. The average Bonchev–Trinajstić information content (AvgIpc) is 2.80. The van der Waals surface area contributed by atoms with Crippen molar-refractivity contribution in [2.75, 3.05) is 0 Å². The molecule has 0 heterocycles. The van der Waals surface area contributed by atoms with Gasteiger partial charge < -0.3 is 0 Å². The highest BCUT2D eigenvalue weighted by Crippen LogP contribution is 2.30. The van der Waals surface area contributed by atoms with Gasteiger partial charge in [-0.1, -0.05) is 165 Å². The van der Waals surface area contributed by atoms with Crippen molar-refractivity contribution >= 4 is 62.3 Å². The molecule has 0 unspecified atom stereocenters. The van der Waals surface area contributed by atoms with Crippen molar-refractivity contribution < 1.29 is 0 Å². The lowest BCUT2D eigenvalue weighted by atomic mass is 10.00. The normalized spacial score (nSPS) is 10.5. The molecular formula is C29H27BrCl4. The Morgan fingerprint density at radius 3 is 1.26 bits per heavy atom. The van der Waals surface area contributed by atoms with Crippen molar-refractivity contribution in [2.45, 2.75) is 29.4 Å². The Bertz CT molecular complexity index is 1140. The number of hydrogen-bond donors (Lipinski definition) is 0. The Labute approximate surface area is 232 Å². The minimum Gasteiger partial charge on any atom is -0.0876 e. The molecule has 0 aliphatic carbocycles. The molecule has 4 rings (SSSR count). The van der Waals surface area contributed by atoms with E-state index in [9.17, 15) is 0 Å². The summed E-state index contributed by atoms with van der Waals surface area (Å²) in [6.07, 6.45) is 0. The van der Waals surface area contributed by atoms with Crippen LogP contribution >= 0.6 is 62.3 Å². The molecule has 0 radical (unpaired) electrons. The molecule has 178 valence electrons. The fraction of sp³-hybridized carbons (Fsp3) is 0.172. The zero-order valence-corrected chi connectivity index (χ0v) is 23.9. The molecule has 5 heteroatoms. The van der Waals surface area contributed by atoms with Gasteiger partial charge in [0.15, 0.2) is 0 Å². The van der Waals surface area contributed by atoms with Crippen LogP contribution in [0.5, 0.6) is 0 Å². The fourth-order valence-electron chi connectivity index (χ4n) is 3.30. The standard InChI is InChI=1S/C14H13Br.C14H14.CCl4/c1-11-4-2-3-5-14(11)13-8-6-12(10-15)7-9-13;1-11-7-9-13(10-8-11)14-6-4-3-5-12(14)2;2-1(3,4)5/h2-9H,10H2,1H3;3-10H,1-2H3;. The Morgan fingerprint density at radius 2 is 0.912 bits per heavy atom. The second-order valence-corrected chi connectivity index (χ2v) is 11.7. The van der Waals surface area contributed by atoms with E-state index in [4.69, 9.17) is 46.4 Å². The Kier molecular flexibility index (Phi) is 12.0. The topological polar surface area (TPSA) is 0 Å². The van der Waals surface area contributed by atoms with Crippen molar-refractivity contribution in [3.63, 3.8) is 0 Å². The highest BCUT2D eigenvalue weighted by atomic mass is 79.9. The van der Waals surface area contributed by atoms with E-state index in [1.54, 1.807) is 0 Å². The molecule has 0 fully saturated rings. The van der Waals surface area contributed by atoms with Gasteiger partial charge in [0, 0.05) is 5.33 Å². The molecule has 0 saturated carbocycles. The summed E-state index contributed by atoms with van der Waals surface area (Å²) in [6, 6.07) is 34.3. The van der Waals surface area contributed by atoms with Crippen molar-refractivity contribution in [1.82, 2.24) is 0 Å². The molecule has 0 nitrogen and oxygen atoms in total. The molecular weight excluding hydrogens is 570 g/mol. The van der Waals surface area contributed by atoms with Gasteiger partial charge in [0.25, 0.3) is 3.25 Å². The number of aryl methyl sites for hydroxylation is 3. The second-order valence-electron chi connectivity index (χ2n) is 7.75. The number of alkyl halides is 5. The number of rotatable bonds is 3. The number of halogens is 5. The number of hydrogen-bond acceptors (Lipinski definition) is 0. The van der Waals surface area contributed by atoms with Gasteiger partial charge in [-0.2, -0.15) is 0 Å². The Balaban J connectivity index is 0.000000202. The molecule has 0 N–H and O–H groups in total. The van der Waals surface area contributed by atoms with Gasteiger partial charge in [-0.3, -0.25) is 0 Å². The lowest BCUT2D eigenvalue weighted by Crippen LogP contribution is -1.83. The third-order valence-corrected chi connectivity index (χ3v) is 5.72. The first-order valence-electron chi connectivity index (χ1n) is 10.7. The Morgan fingerprint density at radius 1 is 0.559 bits per heavy atom. The van der Waals surface area contributed by atoms with Gasteiger partial charge in [0.2, 0.25) is 0 Å². The van der Waals surface area contributed by atoms with E-state index in [1.807, 2.05) is 0 Å². The van der Waals surface area contributed by atoms with E-state index in [1.165, 1.54) is 44.5 Å². The zero-order chi connectivity index (χ0) is 25.1. The fourth-order valence-corrected chi connectivity index (χ4v) is 3.67. The molecule has 0 amide bonds. The van der Waals surface area contributed by atoms with Gasteiger partial charge in [-0.15, -0.1) is 0 Å². The summed E-state index contributed by atoms with van der Waals surface area (Å²) in [4.78, 5) is 0. The number of benzene rings is 4. The van der Waals surface area contributed by atoms with Crippen LogP contribution in [0.2, 0.25) is 0 Å². The first-order chi connectivity index (χ1) is 16.1. The highest BCUT2D eigenvalue weighted by molar-refractivity contribution is 9.08. The van der Waals surface area contributed by atoms with Crippen molar-refractivity contribution in [2.24, 2.45) is 0 Å². The van der Waals surface area contributed by atoms with Crippen LogP contribution in [-0.2, 0) is 5.33 Å². The third-order valence-electron chi connectivity index (χ3n) is 5.07. The van der Waals surface area contributed by atoms with Crippen LogP contribution in [0.3, 0.4) is 0 Å². The summed E-state index contributed by atoms with van der Waals surface area (Å²) in [5.74, 6) is 0. The van der Waals surface area contributed by atoms with Crippen LogP contribution in [0.25, 0.3) is 22.3 Å². The highest BCUT2D eigenvalue weighted by Gasteiger charge is 2.11. The van der Waals surface area contributed by atoms with Gasteiger partial charge in [0.05, 0.1) is 0 Å². The minimum atomic E-state index is -1.61. The van der Waals surface area contributed by atoms with E-state index in [0.717, 1.165) is 5.33 Å². The summed E-state index contributed by atoms with van der Waals surface area (Å²) in [5.41, 5.74) is 10.5. The van der Waals surface area contributed by atoms with Crippen LogP contribution in [0.15, 0.2) is 97.1 Å².